The van der Waals surface area contributed by atoms with Gasteiger partial charge in [-0.05, 0) is 13.0 Å². The second kappa shape index (κ2) is 2.26. The van der Waals surface area contributed by atoms with Crippen LogP contribution in [0.25, 0.3) is 0 Å². The number of nitrogens with zero attached hydrogens (tertiary/aromatic N) is 3. The van der Waals surface area contributed by atoms with Crippen molar-refractivity contribution in [1.29, 1.82) is 0 Å². The van der Waals surface area contributed by atoms with Crippen molar-refractivity contribution in [2.24, 2.45) is 4.99 Å². The highest BCUT2D eigenvalue weighted by Gasteiger charge is 2.29. The van der Waals surface area contributed by atoms with Crippen LogP contribution in [0.5, 0.6) is 0 Å². The van der Waals surface area contributed by atoms with Crippen LogP contribution in [0.4, 0.5) is 0 Å². The van der Waals surface area contributed by atoms with Crippen molar-refractivity contribution in [2.45, 2.75) is 13.0 Å². The van der Waals surface area contributed by atoms with E-state index in [-0.39, 0.29) is 0 Å². The molecule has 0 saturated carbocycles. The van der Waals surface area contributed by atoms with Crippen LogP contribution in [0, 0.1) is 0 Å². The Morgan fingerprint density at radius 1 is 1.64 bits per heavy atom. The molecule has 0 aliphatic carbocycles. The lowest BCUT2D eigenvalue weighted by atomic mass is 10.3. The highest BCUT2D eigenvalue weighted by Crippen LogP contribution is 2.15. The van der Waals surface area contributed by atoms with Crippen LogP contribution >= 0.6 is 0 Å². The first-order valence-corrected chi connectivity index (χ1v) is 3.99. The molecule has 0 aromatic rings. The van der Waals surface area contributed by atoms with Crippen LogP contribution in [-0.2, 0) is 0 Å². The molecule has 0 radical (unpaired) electrons. The number of aliphatic imine (C=N–C) groups is 1. The van der Waals surface area contributed by atoms with E-state index >= 15 is 0 Å². The SMILES string of the molecule is CC1CN2CC=CN=C2N1C. The summed E-state index contributed by atoms with van der Waals surface area (Å²) in [4.78, 5) is 8.83. The third-order valence-electron chi connectivity index (χ3n) is 2.37. The van der Waals surface area contributed by atoms with E-state index in [0.717, 1.165) is 19.0 Å². The number of hydrogen-bond donors (Lipinski definition) is 0. The fourth-order valence-electron chi connectivity index (χ4n) is 1.57. The van der Waals surface area contributed by atoms with Gasteiger partial charge in [0.15, 0.2) is 0 Å². The first-order valence-electron chi connectivity index (χ1n) is 3.99. The van der Waals surface area contributed by atoms with Gasteiger partial charge in [0.1, 0.15) is 0 Å². The Hall–Kier alpha value is -0.990. The minimum Gasteiger partial charge on any atom is -0.341 e. The molecule has 0 aromatic heterocycles. The van der Waals surface area contributed by atoms with Gasteiger partial charge in [-0.1, -0.05) is 0 Å². The molecule has 0 bridgehead atoms. The Morgan fingerprint density at radius 3 is 3.18 bits per heavy atom. The molecule has 3 heteroatoms. The van der Waals surface area contributed by atoms with E-state index in [1.807, 2.05) is 6.20 Å². The number of likely N-dealkylation sites (N-methyl/N-ethyl adjacent to an activating group) is 1. The molecular formula is C8H13N3. The molecule has 11 heavy (non-hydrogen) atoms. The van der Waals surface area contributed by atoms with E-state index in [0.29, 0.717) is 6.04 Å². The van der Waals surface area contributed by atoms with E-state index in [2.05, 4.69) is 34.8 Å². The maximum Gasteiger partial charge on any atom is 0.201 e. The summed E-state index contributed by atoms with van der Waals surface area (Å²) < 4.78 is 0. The molecule has 2 rings (SSSR count). The molecule has 2 heterocycles. The van der Waals surface area contributed by atoms with Gasteiger partial charge in [0, 0.05) is 32.4 Å². The van der Waals surface area contributed by atoms with E-state index in [1.165, 1.54) is 0 Å². The van der Waals surface area contributed by atoms with Crippen LogP contribution in [0.15, 0.2) is 17.3 Å². The normalized spacial score (nSPS) is 28.9. The molecule has 0 amide bonds. The molecular weight excluding hydrogens is 138 g/mol. The van der Waals surface area contributed by atoms with Crippen LogP contribution in [0.2, 0.25) is 0 Å². The summed E-state index contributed by atoms with van der Waals surface area (Å²) in [7, 11) is 2.10. The Balaban J connectivity index is 2.25. The first kappa shape index (κ1) is 6.70. The molecule has 0 N–H and O–H groups in total. The molecule has 1 fully saturated rings. The summed E-state index contributed by atoms with van der Waals surface area (Å²) in [6.07, 6.45) is 3.98. The highest BCUT2D eigenvalue weighted by molar-refractivity contribution is 5.83. The van der Waals surface area contributed by atoms with Gasteiger partial charge >= 0.3 is 0 Å². The van der Waals surface area contributed by atoms with Gasteiger partial charge in [-0.2, -0.15) is 0 Å². The molecule has 3 nitrogen and oxygen atoms in total. The van der Waals surface area contributed by atoms with Crippen molar-refractivity contribution < 1.29 is 0 Å². The Morgan fingerprint density at radius 2 is 2.45 bits per heavy atom. The molecule has 1 saturated heterocycles. The number of fused-ring (bicyclic) bond motifs is 1. The van der Waals surface area contributed by atoms with E-state index in [9.17, 15) is 0 Å². The zero-order chi connectivity index (χ0) is 7.84. The minimum absolute atomic E-state index is 0.605. The van der Waals surface area contributed by atoms with E-state index in [1.54, 1.807) is 0 Å². The number of rotatable bonds is 0. The quantitative estimate of drug-likeness (QED) is 0.502. The maximum absolute atomic E-state index is 4.31. The summed E-state index contributed by atoms with van der Waals surface area (Å²) in [5.41, 5.74) is 0. The topological polar surface area (TPSA) is 18.8 Å². The molecule has 0 spiro atoms. The molecule has 1 atom stereocenters. The van der Waals surface area contributed by atoms with Gasteiger partial charge in [-0.3, -0.25) is 0 Å². The van der Waals surface area contributed by atoms with Crippen LogP contribution < -0.4 is 0 Å². The zero-order valence-corrected chi connectivity index (χ0v) is 6.99. The summed E-state index contributed by atoms with van der Waals surface area (Å²) in [5.74, 6) is 1.13. The first-order chi connectivity index (χ1) is 5.29. The molecule has 1 unspecified atom stereocenters. The second-order valence-electron chi connectivity index (χ2n) is 3.18. The average molecular weight is 151 g/mol. The molecule has 60 valence electrons. The second-order valence-corrected chi connectivity index (χ2v) is 3.18. The predicted molar refractivity (Wildman–Crippen MR) is 45.4 cm³/mol. The van der Waals surface area contributed by atoms with Crippen LogP contribution in [0.1, 0.15) is 6.92 Å². The smallest absolute Gasteiger partial charge is 0.201 e. The predicted octanol–water partition coefficient (Wildman–Crippen LogP) is 0.506. The van der Waals surface area contributed by atoms with Crippen molar-refractivity contribution in [1.82, 2.24) is 9.80 Å². The Bertz CT molecular complexity index is 215. The summed E-state index contributed by atoms with van der Waals surface area (Å²) in [6, 6.07) is 0.605. The minimum atomic E-state index is 0.605. The summed E-state index contributed by atoms with van der Waals surface area (Å²) in [6.45, 7) is 4.36. The maximum atomic E-state index is 4.31. The van der Waals surface area contributed by atoms with Gasteiger partial charge in [-0.15, -0.1) is 0 Å². The lowest BCUT2D eigenvalue weighted by Crippen LogP contribution is -2.33. The third-order valence-corrected chi connectivity index (χ3v) is 2.37. The molecule has 2 aliphatic rings. The lowest BCUT2D eigenvalue weighted by molar-refractivity contribution is 0.422. The number of hydrogen-bond acceptors (Lipinski definition) is 3. The van der Waals surface area contributed by atoms with Gasteiger partial charge in [0.05, 0.1) is 0 Å². The van der Waals surface area contributed by atoms with E-state index in [4.69, 9.17) is 0 Å². The Kier molecular flexibility index (Phi) is 1.37. The monoisotopic (exact) mass is 151 g/mol. The van der Waals surface area contributed by atoms with E-state index < -0.39 is 0 Å². The van der Waals surface area contributed by atoms with Gasteiger partial charge in [0.2, 0.25) is 5.96 Å². The standard InChI is InChI=1S/C8H13N3/c1-7-6-11-5-3-4-9-8(11)10(7)2/h3-4,7H,5-6H2,1-2H3. The fourth-order valence-corrected chi connectivity index (χ4v) is 1.57. The van der Waals surface area contributed by atoms with Gasteiger partial charge < -0.3 is 9.80 Å². The lowest BCUT2D eigenvalue weighted by Gasteiger charge is -2.20. The van der Waals surface area contributed by atoms with Crippen molar-refractivity contribution in [3.8, 4) is 0 Å². The fraction of sp³-hybridized carbons (Fsp3) is 0.625. The zero-order valence-electron chi connectivity index (χ0n) is 6.99. The van der Waals surface area contributed by atoms with Gasteiger partial charge in [0.25, 0.3) is 0 Å². The molecule has 0 aromatic carbocycles. The van der Waals surface area contributed by atoms with Crippen molar-refractivity contribution in [3.05, 3.63) is 12.3 Å². The summed E-state index contributed by atoms with van der Waals surface area (Å²) >= 11 is 0. The van der Waals surface area contributed by atoms with Crippen LogP contribution in [-0.4, -0.2) is 41.9 Å². The third kappa shape index (κ3) is 0.914. The van der Waals surface area contributed by atoms with Crippen molar-refractivity contribution in [3.63, 3.8) is 0 Å². The van der Waals surface area contributed by atoms with Crippen molar-refractivity contribution in [2.75, 3.05) is 20.1 Å². The number of guanidine groups is 1. The largest absolute Gasteiger partial charge is 0.341 e. The van der Waals surface area contributed by atoms with Crippen LogP contribution in [0.3, 0.4) is 0 Å². The summed E-state index contributed by atoms with van der Waals surface area (Å²) in [5, 5.41) is 0. The van der Waals surface area contributed by atoms with Gasteiger partial charge in [-0.25, -0.2) is 4.99 Å². The average Bonchev–Trinajstić information content (AvgIpc) is 2.30. The molecule has 2 aliphatic heterocycles. The Labute approximate surface area is 67.0 Å². The highest BCUT2D eigenvalue weighted by atomic mass is 15.4. The van der Waals surface area contributed by atoms with Crippen molar-refractivity contribution >= 4 is 5.96 Å².